The average molecular weight is 291 g/mol. The first-order chi connectivity index (χ1) is 9.83. The summed E-state index contributed by atoms with van der Waals surface area (Å²) in [4.78, 5) is 15.7. The molecular weight excluding hydrogens is 270 g/mol. The Kier molecular flexibility index (Phi) is 4.53. The van der Waals surface area contributed by atoms with Gasteiger partial charge in [0.1, 0.15) is 0 Å². The van der Waals surface area contributed by atoms with E-state index in [1.54, 1.807) is 11.3 Å². The first-order valence-electron chi connectivity index (χ1n) is 7.41. The molecule has 0 bridgehead atoms. The van der Waals surface area contributed by atoms with Crippen LogP contribution < -0.4 is 0 Å². The minimum absolute atomic E-state index is 0.318. The molecule has 4 heteroatoms. The van der Waals surface area contributed by atoms with Crippen LogP contribution in [0.2, 0.25) is 0 Å². The summed E-state index contributed by atoms with van der Waals surface area (Å²) >= 11 is 1.78. The van der Waals surface area contributed by atoms with Crippen LogP contribution >= 0.6 is 11.3 Å². The Labute approximate surface area is 124 Å². The molecule has 2 aliphatic rings. The van der Waals surface area contributed by atoms with Crippen molar-refractivity contribution in [2.75, 3.05) is 26.3 Å². The van der Waals surface area contributed by atoms with Gasteiger partial charge in [0, 0.05) is 37.6 Å². The molecule has 1 aromatic heterocycles. The Hall–Kier alpha value is -1.13. The van der Waals surface area contributed by atoms with Crippen molar-refractivity contribution in [2.45, 2.75) is 25.7 Å². The summed E-state index contributed by atoms with van der Waals surface area (Å²) in [7, 11) is 0. The maximum absolute atomic E-state index is 12.3. The number of carbonyl (C=O) groups excluding carboxylic acids is 1. The molecule has 3 heterocycles. The van der Waals surface area contributed by atoms with Crippen molar-refractivity contribution in [3.05, 3.63) is 28.5 Å². The topological polar surface area (TPSA) is 29.5 Å². The third-order valence-electron chi connectivity index (χ3n) is 4.20. The van der Waals surface area contributed by atoms with E-state index in [0.717, 1.165) is 45.6 Å². The van der Waals surface area contributed by atoms with E-state index in [4.69, 9.17) is 4.74 Å². The molecule has 1 saturated heterocycles. The maximum atomic E-state index is 12.3. The molecule has 0 atom stereocenters. The fraction of sp³-hybridized carbons (Fsp3) is 0.562. The molecule has 0 aliphatic carbocycles. The van der Waals surface area contributed by atoms with Crippen molar-refractivity contribution in [3.63, 3.8) is 0 Å². The molecule has 0 radical (unpaired) electrons. The lowest BCUT2D eigenvalue weighted by Crippen LogP contribution is -2.36. The first-order valence-corrected chi connectivity index (χ1v) is 8.29. The summed E-state index contributed by atoms with van der Waals surface area (Å²) in [5.74, 6) is 0.845. The molecule has 108 valence electrons. The number of carbonyl (C=O) groups is 1. The van der Waals surface area contributed by atoms with Crippen molar-refractivity contribution >= 4 is 22.8 Å². The van der Waals surface area contributed by atoms with Crippen molar-refractivity contribution in [3.8, 4) is 0 Å². The molecule has 1 aromatic rings. The minimum atomic E-state index is 0.318. The molecule has 2 aliphatic heterocycles. The van der Waals surface area contributed by atoms with E-state index in [2.05, 4.69) is 23.6 Å². The average Bonchev–Trinajstić information content (AvgIpc) is 3.03. The number of rotatable bonds is 3. The highest BCUT2D eigenvalue weighted by Gasteiger charge is 2.23. The maximum Gasteiger partial charge on any atom is 0.223 e. The minimum Gasteiger partial charge on any atom is -0.381 e. The Morgan fingerprint density at radius 3 is 2.90 bits per heavy atom. The number of amides is 1. The molecular formula is C16H21NO2S. The van der Waals surface area contributed by atoms with Gasteiger partial charge in [0.2, 0.25) is 5.91 Å². The standard InChI is InChI=1S/C16H21NO2S/c18-16(12-13-5-9-19-10-6-13)17-7-3-14(4-8-17)15-2-1-11-20-15/h1-3,11,13H,4-10,12H2. The lowest BCUT2D eigenvalue weighted by Gasteiger charge is -2.29. The lowest BCUT2D eigenvalue weighted by atomic mass is 9.95. The summed E-state index contributed by atoms with van der Waals surface area (Å²) in [5.41, 5.74) is 1.40. The second-order valence-corrected chi connectivity index (χ2v) is 6.50. The molecule has 0 aromatic carbocycles. The predicted molar refractivity (Wildman–Crippen MR) is 81.7 cm³/mol. The van der Waals surface area contributed by atoms with Gasteiger partial charge >= 0.3 is 0 Å². The van der Waals surface area contributed by atoms with Crippen LogP contribution in [0.1, 0.15) is 30.6 Å². The molecule has 0 N–H and O–H groups in total. The Morgan fingerprint density at radius 2 is 2.25 bits per heavy atom. The van der Waals surface area contributed by atoms with E-state index in [1.807, 2.05) is 4.90 Å². The Morgan fingerprint density at radius 1 is 1.40 bits per heavy atom. The normalized spacial score (nSPS) is 20.8. The quantitative estimate of drug-likeness (QED) is 0.856. The molecule has 3 rings (SSSR count). The van der Waals surface area contributed by atoms with Crippen LogP contribution in [0.3, 0.4) is 0 Å². The van der Waals surface area contributed by atoms with Crippen molar-refractivity contribution in [2.24, 2.45) is 5.92 Å². The largest absolute Gasteiger partial charge is 0.381 e. The zero-order chi connectivity index (χ0) is 13.8. The number of thiophene rings is 1. The van der Waals surface area contributed by atoms with Gasteiger partial charge in [-0.15, -0.1) is 11.3 Å². The summed E-state index contributed by atoms with van der Waals surface area (Å²) in [6.45, 7) is 3.28. The highest BCUT2D eigenvalue weighted by atomic mass is 32.1. The van der Waals surface area contributed by atoms with E-state index in [-0.39, 0.29) is 0 Å². The molecule has 0 saturated carbocycles. The smallest absolute Gasteiger partial charge is 0.223 e. The van der Waals surface area contributed by atoms with Crippen molar-refractivity contribution in [1.29, 1.82) is 0 Å². The fourth-order valence-corrected chi connectivity index (χ4v) is 3.70. The highest BCUT2D eigenvalue weighted by Crippen LogP contribution is 2.27. The van der Waals surface area contributed by atoms with Gasteiger partial charge in [0.25, 0.3) is 0 Å². The van der Waals surface area contributed by atoms with Gasteiger partial charge in [0.05, 0.1) is 0 Å². The number of hydrogen-bond donors (Lipinski definition) is 0. The Balaban J connectivity index is 1.53. The van der Waals surface area contributed by atoms with Gasteiger partial charge in [-0.3, -0.25) is 4.79 Å². The highest BCUT2D eigenvalue weighted by molar-refractivity contribution is 7.11. The van der Waals surface area contributed by atoms with Gasteiger partial charge in [-0.2, -0.15) is 0 Å². The summed E-state index contributed by atoms with van der Waals surface area (Å²) in [5, 5.41) is 2.11. The zero-order valence-electron chi connectivity index (χ0n) is 11.7. The predicted octanol–water partition coefficient (Wildman–Crippen LogP) is 3.18. The molecule has 0 spiro atoms. The van der Waals surface area contributed by atoms with Crippen LogP contribution in [0.4, 0.5) is 0 Å². The third kappa shape index (κ3) is 3.30. The molecule has 3 nitrogen and oxygen atoms in total. The van der Waals surface area contributed by atoms with E-state index in [1.165, 1.54) is 10.5 Å². The van der Waals surface area contributed by atoms with E-state index in [0.29, 0.717) is 18.2 Å². The monoisotopic (exact) mass is 291 g/mol. The Bertz CT molecular complexity index is 475. The van der Waals surface area contributed by atoms with Crippen LogP contribution in [0.25, 0.3) is 5.57 Å². The van der Waals surface area contributed by atoms with Crippen molar-refractivity contribution < 1.29 is 9.53 Å². The summed E-state index contributed by atoms with van der Waals surface area (Å²) in [6, 6.07) is 4.25. The fourth-order valence-electron chi connectivity index (χ4n) is 2.91. The number of ether oxygens (including phenoxy) is 1. The van der Waals surface area contributed by atoms with Gasteiger partial charge in [-0.25, -0.2) is 0 Å². The van der Waals surface area contributed by atoms with Crippen LogP contribution in [0.15, 0.2) is 23.6 Å². The number of nitrogens with zero attached hydrogens (tertiary/aromatic N) is 1. The third-order valence-corrected chi connectivity index (χ3v) is 5.15. The van der Waals surface area contributed by atoms with Crippen LogP contribution in [-0.4, -0.2) is 37.1 Å². The molecule has 1 fully saturated rings. The van der Waals surface area contributed by atoms with Crippen molar-refractivity contribution in [1.82, 2.24) is 4.90 Å². The SMILES string of the molecule is O=C(CC1CCOCC1)N1CC=C(c2cccs2)CC1. The second-order valence-electron chi connectivity index (χ2n) is 5.56. The summed E-state index contributed by atoms with van der Waals surface area (Å²) < 4.78 is 5.35. The van der Waals surface area contributed by atoms with E-state index < -0.39 is 0 Å². The van der Waals surface area contributed by atoms with Crippen LogP contribution in [0, 0.1) is 5.92 Å². The van der Waals surface area contributed by atoms with Gasteiger partial charge in [0.15, 0.2) is 0 Å². The van der Waals surface area contributed by atoms with Gasteiger partial charge in [-0.1, -0.05) is 12.1 Å². The van der Waals surface area contributed by atoms with E-state index >= 15 is 0 Å². The molecule has 1 amide bonds. The first kappa shape index (κ1) is 13.8. The second kappa shape index (κ2) is 6.55. The zero-order valence-corrected chi connectivity index (χ0v) is 12.5. The van der Waals surface area contributed by atoms with Crippen LogP contribution in [0.5, 0.6) is 0 Å². The lowest BCUT2D eigenvalue weighted by molar-refractivity contribution is -0.132. The number of hydrogen-bond acceptors (Lipinski definition) is 3. The molecule has 20 heavy (non-hydrogen) atoms. The van der Waals surface area contributed by atoms with E-state index in [9.17, 15) is 4.79 Å². The summed E-state index contributed by atoms with van der Waals surface area (Å²) in [6.07, 6.45) is 5.98. The van der Waals surface area contributed by atoms with Crippen LogP contribution in [-0.2, 0) is 9.53 Å². The van der Waals surface area contributed by atoms with Gasteiger partial charge < -0.3 is 9.64 Å². The molecule has 0 unspecified atom stereocenters. The van der Waals surface area contributed by atoms with Gasteiger partial charge in [-0.05, 0) is 42.2 Å².